The number of piperidine rings is 3. The summed E-state index contributed by atoms with van der Waals surface area (Å²) in [6.07, 6.45) is 3.60. The first-order chi connectivity index (χ1) is 13.9. The van der Waals surface area contributed by atoms with Gasteiger partial charge in [0.25, 0.3) is 0 Å². The molecule has 7 heteroatoms. The molecule has 2 amide bonds. The summed E-state index contributed by atoms with van der Waals surface area (Å²) in [7, 11) is 0. The molecule has 4 rings (SSSR count). The van der Waals surface area contributed by atoms with E-state index in [1.54, 1.807) is 12.1 Å². The Morgan fingerprint density at radius 3 is 2.72 bits per heavy atom. The highest BCUT2D eigenvalue weighted by Gasteiger charge is 2.49. The van der Waals surface area contributed by atoms with Crippen molar-refractivity contribution in [3.05, 3.63) is 35.4 Å². The van der Waals surface area contributed by atoms with E-state index >= 15 is 0 Å². The van der Waals surface area contributed by atoms with Gasteiger partial charge in [0.1, 0.15) is 0 Å². The number of fused-ring (bicyclic) bond motifs is 4. The Morgan fingerprint density at radius 1 is 1.21 bits per heavy atom. The van der Waals surface area contributed by atoms with Crippen LogP contribution in [0.15, 0.2) is 24.3 Å². The van der Waals surface area contributed by atoms with Crippen LogP contribution in [0.2, 0.25) is 0 Å². The maximum absolute atomic E-state index is 12.7. The topological polar surface area (TPSA) is 90.0 Å². The molecule has 4 atom stereocenters. The van der Waals surface area contributed by atoms with Gasteiger partial charge in [-0.15, -0.1) is 0 Å². The van der Waals surface area contributed by atoms with Crippen LogP contribution in [0.1, 0.15) is 48.5 Å². The largest absolute Gasteiger partial charge is 0.478 e. The van der Waals surface area contributed by atoms with Gasteiger partial charge in [0.15, 0.2) is 0 Å². The van der Waals surface area contributed by atoms with Gasteiger partial charge in [-0.1, -0.05) is 18.2 Å². The molecule has 0 saturated carbocycles. The second-order valence-electron chi connectivity index (χ2n) is 8.68. The van der Waals surface area contributed by atoms with Crippen LogP contribution >= 0.6 is 0 Å². The maximum Gasteiger partial charge on any atom is 0.336 e. The van der Waals surface area contributed by atoms with Crippen LogP contribution in [0.5, 0.6) is 0 Å². The number of carboxylic acids is 1. The lowest BCUT2D eigenvalue weighted by Crippen LogP contribution is -2.66. The number of hydrogen-bond acceptors (Lipinski definition) is 4. The fourth-order valence-corrected chi connectivity index (χ4v) is 5.62. The molecule has 7 nitrogen and oxygen atoms in total. The molecule has 0 aromatic heterocycles. The summed E-state index contributed by atoms with van der Waals surface area (Å²) in [5.74, 6) is -0.0583. The van der Waals surface area contributed by atoms with Crippen molar-refractivity contribution in [3.8, 4) is 0 Å². The Labute approximate surface area is 171 Å². The fourth-order valence-electron chi connectivity index (χ4n) is 5.62. The Morgan fingerprint density at radius 2 is 1.97 bits per heavy atom. The summed E-state index contributed by atoms with van der Waals surface area (Å²) in [5.41, 5.74) is 1.18. The van der Waals surface area contributed by atoms with Crippen molar-refractivity contribution in [2.75, 3.05) is 19.6 Å². The summed E-state index contributed by atoms with van der Waals surface area (Å²) in [6.45, 7) is 4.30. The Balaban J connectivity index is 1.56. The molecular formula is C22H29N3O4. The lowest BCUT2D eigenvalue weighted by Gasteiger charge is -2.56. The third-order valence-electron chi connectivity index (χ3n) is 6.77. The van der Waals surface area contributed by atoms with E-state index in [1.807, 2.05) is 12.1 Å². The van der Waals surface area contributed by atoms with E-state index in [9.17, 15) is 19.5 Å². The predicted molar refractivity (Wildman–Crippen MR) is 107 cm³/mol. The van der Waals surface area contributed by atoms with Crippen LogP contribution < -0.4 is 5.32 Å². The zero-order valence-corrected chi connectivity index (χ0v) is 16.8. The van der Waals surface area contributed by atoms with Gasteiger partial charge >= 0.3 is 5.97 Å². The van der Waals surface area contributed by atoms with Gasteiger partial charge in [-0.25, -0.2) is 4.79 Å². The second-order valence-corrected chi connectivity index (χ2v) is 8.68. The highest BCUT2D eigenvalue weighted by molar-refractivity contribution is 5.89. The highest BCUT2D eigenvalue weighted by atomic mass is 16.4. The van der Waals surface area contributed by atoms with Crippen molar-refractivity contribution in [1.82, 2.24) is 15.1 Å². The van der Waals surface area contributed by atoms with Crippen LogP contribution in [-0.4, -0.2) is 64.4 Å². The molecule has 0 unspecified atom stereocenters. The van der Waals surface area contributed by atoms with Crippen LogP contribution in [0.3, 0.4) is 0 Å². The molecule has 3 aliphatic rings. The van der Waals surface area contributed by atoms with Crippen molar-refractivity contribution >= 4 is 17.8 Å². The van der Waals surface area contributed by atoms with Crippen LogP contribution in [0.25, 0.3) is 0 Å². The minimum atomic E-state index is -0.898. The number of carbonyl (C=O) groups is 3. The van der Waals surface area contributed by atoms with E-state index in [2.05, 4.69) is 15.1 Å². The molecule has 0 radical (unpaired) electrons. The van der Waals surface area contributed by atoms with Gasteiger partial charge < -0.3 is 15.3 Å². The normalized spacial score (nSPS) is 29.3. The quantitative estimate of drug-likeness (QED) is 0.787. The predicted octanol–water partition coefficient (Wildman–Crippen LogP) is 1.72. The number of amides is 2. The van der Waals surface area contributed by atoms with Gasteiger partial charge in [0.05, 0.1) is 11.6 Å². The molecule has 0 aliphatic carbocycles. The molecule has 3 aliphatic heterocycles. The molecular weight excluding hydrogens is 370 g/mol. The number of aromatic carboxylic acids is 1. The fraction of sp³-hybridized carbons (Fsp3) is 0.591. The van der Waals surface area contributed by atoms with Gasteiger partial charge in [-0.3, -0.25) is 14.5 Å². The smallest absolute Gasteiger partial charge is 0.336 e. The first-order valence-electron chi connectivity index (χ1n) is 10.5. The minimum Gasteiger partial charge on any atom is -0.478 e. The number of rotatable bonds is 5. The molecule has 3 saturated heterocycles. The maximum atomic E-state index is 12.7. The third kappa shape index (κ3) is 4.01. The highest BCUT2D eigenvalue weighted by Crippen LogP contribution is 2.41. The monoisotopic (exact) mass is 399 g/mol. The van der Waals surface area contributed by atoms with E-state index in [0.717, 1.165) is 37.9 Å². The molecule has 1 aromatic rings. The number of carboxylic acid groups (broad SMARTS) is 1. The van der Waals surface area contributed by atoms with Crippen molar-refractivity contribution in [2.24, 2.45) is 11.8 Å². The zero-order chi connectivity index (χ0) is 20.5. The molecule has 0 spiro atoms. The Kier molecular flexibility index (Phi) is 5.58. The van der Waals surface area contributed by atoms with Gasteiger partial charge in [-0.05, 0) is 42.7 Å². The molecule has 2 N–H and O–H groups in total. The molecule has 3 fully saturated rings. The number of likely N-dealkylation sites (tertiary alicyclic amines) is 1. The lowest BCUT2D eigenvalue weighted by atomic mass is 9.72. The van der Waals surface area contributed by atoms with Gasteiger partial charge in [-0.2, -0.15) is 0 Å². The molecule has 2 bridgehead atoms. The number of carbonyl (C=O) groups excluding carboxylic acids is 2. The summed E-state index contributed by atoms with van der Waals surface area (Å²) < 4.78 is 0. The van der Waals surface area contributed by atoms with Crippen LogP contribution in [-0.2, 0) is 16.1 Å². The molecule has 29 heavy (non-hydrogen) atoms. The summed E-state index contributed by atoms with van der Waals surface area (Å²) >= 11 is 0. The van der Waals surface area contributed by atoms with E-state index in [0.29, 0.717) is 31.0 Å². The Bertz CT molecular complexity index is 811. The Hall–Kier alpha value is -2.41. The standard InChI is InChI=1S/C22H29N3O4/c1-14(26)23-10-20-17-9-16(19-7-4-8-21(27)25(19)20)12-24(13-17)11-15-5-2-3-6-18(15)22(28)29/h2-3,5-6,16-17,19-20H,4,7-13H2,1H3,(H,23,26)(H,28,29)/t16-,17+,19+,20+/m1/s1. The van der Waals surface area contributed by atoms with E-state index in [1.165, 1.54) is 6.92 Å². The van der Waals surface area contributed by atoms with E-state index < -0.39 is 5.97 Å². The van der Waals surface area contributed by atoms with Gasteiger partial charge in [0.2, 0.25) is 11.8 Å². The van der Waals surface area contributed by atoms with Crippen LogP contribution in [0, 0.1) is 11.8 Å². The summed E-state index contributed by atoms with van der Waals surface area (Å²) in [6, 6.07) is 7.43. The van der Waals surface area contributed by atoms with E-state index in [-0.39, 0.29) is 29.8 Å². The minimum absolute atomic E-state index is 0.0190. The number of hydrogen-bond donors (Lipinski definition) is 2. The molecule has 1 aromatic carbocycles. The molecule has 156 valence electrons. The van der Waals surface area contributed by atoms with Crippen molar-refractivity contribution in [2.45, 2.75) is 51.2 Å². The number of nitrogens with zero attached hydrogens (tertiary/aromatic N) is 2. The number of benzene rings is 1. The first kappa shape index (κ1) is 19.9. The van der Waals surface area contributed by atoms with Crippen LogP contribution in [0.4, 0.5) is 0 Å². The van der Waals surface area contributed by atoms with Crippen molar-refractivity contribution < 1.29 is 19.5 Å². The van der Waals surface area contributed by atoms with Gasteiger partial charge in [0, 0.05) is 45.6 Å². The van der Waals surface area contributed by atoms with Crippen molar-refractivity contribution in [1.29, 1.82) is 0 Å². The molecule has 3 heterocycles. The zero-order valence-electron chi connectivity index (χ0n) is 16.8. The summed E-state index contributed by atoms with van der Waals surface area (Å²) in [4.78, 5) is 40.3. The average molecular weight is 399 g/mol. The van der Waals surface area contributed by atoms with Crippen molar-refractivity contribution in [3.63, 3.8) is 0 Å². The average Bonchev–Trinajstić information content (AvgIpc) is 2.68. The second kappa shape index (κ2) is 8.14. The SMILES string of the molecule is CC(=O)NC[C@H]1[C@H]2C[C@H](CN(Cc3ccccc3C(=O)O)C2)[C@@H]2CCCC(=O)N21. The number of nitrogens with one attached hydrogen (secondary N) is 1. The summed E-state index contributed by atoms with van der Waals surface area (Å²) in [5, 5.41) is 12.4. The lowest BCUT2D eigenvalue weighted by molar-refractivity contribution is -0.153. The van der Waals surface area contributed by atoms with E-state index in [4.69, 9.17) is 0 Å². The third-order valence-corrected chi connectivity index (χ3v) is 6.77. The first-order valence-corrected chi connectivity index (χ1v) is 10.5.